The van der Waals surface area contributed by atoms with Crippen LogP contribution in [0.2, 0.25) is 0 Å². The Hall–Kier alpha value is -3.40. The number of hydrogen-bond donors (Lipinski definition) is 1. The molecule has 1 heterocycles. The first-order valence-corrected chi connectivity index (χ1v) is 8.86. The van der Waals surface area contributed by atoms with Crippen LogP contribution in [0.5, 0.6) is 0 Å². The highest BCUT2D eigenvalue weighted by molar-refractivity contribution is 6.04. The van der Waals surface area contributed by atoms with Gasteiger partial charge in [-0.2, -0.15) is 0 Å². The molecule has 3 aromatic carbocycles. The molecule has 0 atom stereocenters. The van der Waals surface area contributed by atoms with Crippen LogP contribution in [0.4, 0.5) is 5.69 Å². The van der Waals surface area contributed by atoms with Crippen molar-refractivity contribution in [1.29, 1.82) is 0 Å². The number of carbonyl (C=O) groups is 1. The summed E-state index contributed by atoms with van der Waals surface area (Å²) in [6.07, 6.45) is 0. The molecule has 27 heavy (non-hydrogen) atoms. The molecule has 0 aliphatic carbocycles. The van der Waals surface area contributed by atoms with Gasteiger partial charge >= 0.3 is 0 Å². The van der Waals surface area contributed by atoms with E-state index < -0.39 is 0 Å². The zero-order chi connectivity index (χ0) is 19.0. The molecule has 0 radical (unpaired) electrons. The molecule has 1 N–H and O–H groups in total. The monoisotopic (exact) mass is 356 g/mol. The highest BCUT2D eigenvalue weighted by Gasteiger charge is 2.10. The SMILES string of the molecule is Cc1ccc2oc(-c3ccc(NC(=O)c4ccc(C)c(C)c4)cc3)nc2c1. The average Bonchev–Trinajstić information content (AvgIpc) is 3.07. The number of hydrogen-bond acceptors (Lipinski definition) is 3. The van der Waals surface area contributed by atoms with Crippen LogP contribution in [0.25, 0.3) is 22.6 Å². The number of carbonyl (C=O) groups excluding carboxylic acids is 1. The number of oxazole rings is 1. The Morgan fingerprint density at radius 1 is 0.889 bits per heavy atom. The fourth-order valence-electron chi connectivity index (χ4n) is 2.94. The van der Waals surface area contributed by atoms with Gasteiger partial charge in [0.05, 0.1) is 0 Å². The highest BCUT2D eigenvalue weighted by Crippen LogP contribution is 2.26. The summed E-state index contributed by atoms with van der Waals surface area (Å²) in [4.78, 5) is 17.0. The van der Waals surface area contributed by atoms with Gasteiger partial charge < -0.3 is 9.73 Å². The Labute approximate surface area is 157 Å². The van der Waals surface area contributed by atoms with Crippen LogP contribution < -0.4 is 5.32 Å². The number of fused-ring (bicyclic) bond motifs is 1. The Kier molecular flexibility index (Phi) is 4.24. The predicted molar refractivity (Wildman–Crippen MR) is 108 cm³/mol. The topological polar surface area (TPSA) is 55.1 Å². The van der Waals surface area contributed by atoms with Crippen molar-refractivity contribution in [2.45, 2.75) is 20.8 Å². The molecule has 0 aliphatic heterocycles. The lowest BCUT2D eigenvalue weighted by Gasteiger charge is -2.07. The van der Waals surface area contributed by atoms with Gasteiger partial charge in [-0.1, -0.05) is 12.1 Å². The summed E-state index contributed by atoms with van der Waals surface area (Å²) in [5.41, 5.74) is 7.28. The fourth-order valence-corrected chi connectivity index (χ4v) is 2.94. The van der Waals surface area contributed by atoms with E-state index in [-0.39, 0.29) is 5.91 Å². The fraction of sp³-hybridized carbons (Fsp3) is 0.130. The molecule has 0 unspecified atom stereocenters. The molecule has 1 aromatic heterocycles. The lowest BCUT2D eigenvalue weighted by molar-refractivity contribution is 0.102. The maximum absolute atomic E-state index is 12.4. The molecule has 4 heteroatoms. The van der Waals surface area contributed by atoms with Gasteiger partial charge in [-0.15, -0.1) is 0 Å². The smallest absolute Gasteiger partial charge is 0.255 e. The van der Waals surface area contributed by atoms with E-state index in [1.54, 1.807) is 0 Å². The third-order valence-corrected chi connectivity index (χ3v) is 4.70. The third-order valence-electron chi connectivity index (χ3n) is 4.70. The van der Waals surface area contributed by atoms with Crippen LogP contribution >= 0.6 is 0 Å². The first-order valence-electron chi connectivity index (χ1n) is 8.86. The van der Waals surface area contributed by atoms with Gasteiger partial charge in [0.25, 0.3) is 5.91 Å². The summed E-state index contributed by atoms with van der Waals surface area (Å²) in [6, 6.07) is 19.1. The molecule has 0 saturated carbocycles. The third kappa shape index (κ3) is 3.47. The zero-order valence-electron chi connectivity index (χ0n) is 15.5. The number of anilines is 1. The first-order chi connectivity index (χ1) is 13.0. The van der Waals surface area contributed by atoms with Crippen LogP contribution in [-0.4, -0.2) is 10.9 Å². The summed E-state index contributed by atoms with van der Waals surface area (Å²) >= 11 is 0. The molecule has 0 saturated heterocycles. The molecule has 134 valence electrons. The van der Waals surface area contributed by atoms with Crippen molar-refractivity contribution >= 4 is 22.7 Å². The van der Waals surface area contributed by atoms with Crippen molar-refractivity contribution in [3.05, 3.63) is 82.9 Å². The van der Waals surface area contributed by atoms with E-state index in [1.807, 2.05) is 81.4 Å². The van der Waals surface area contributed by atoms with Gasteiger partial charge in [-0.05, 0) is 86.0 Å². The van der Waals surface area contributed by atoms with Gasteiger partial charge in [0.2, 0.25) is 5.89 Å². The van der Waals surface area contributed by atoms with E-state index in [1.165, 1.54) is 5.56 Å². The van der Waals surface area contributed by atoms with Crippen molar-refractivity contribution in [2.75, 3.05) is 5.32 Å². The first kappa shape index (κ1) is 17.0. The summed E-state index contributed by atoms with van der Waals surface area (Å²) in [5, 5.41) is 2.93. The van der Waals surface area contributed by atoms with E-state index in [2.05, 4.69) is 10.3 Å². The van der Waals surface area contributed by atoms with E-state index in [0.717, 1.165) is 33.5 Å². The summed E-state index contributed by atoms with van der Waals surface area (Å²) in [5.74, 6) is 0.450. The quantitative estimate of drug-likeness (QED) is 0.514. The van der Waals surface area contributed by atoms with Gasteiger partial charge in [-0.3, -0.25) is 4.79 Å². The minimum Gasteiger partial charge on any atom is -0.436 e. The summed E-state index contributed by atoms with van der Waals surface area (Å²) < 4.78 is 5.83. The second-order valence-electron chi connectivity index (χ2n) is 6.82. The molecular weight excluding hydrogens is 336 g/mol. The molecule has 1 amide bonds. The van der Waals surface area contributed by atoms with E-state index >= 15 is 0 Å². The number of benzene rings is 3. The van der Waals surface area contributed by atoms with Crippen molar-refractivity contribution < 1.29 is 9.21 Å². The molecule has 0 bridgehead atoms. The van der Waals surface area contributed by atoms with Gasteiger partial charge in [0.1, 0.15) is 5.52 Å². The van der Waals surface area contributed by atoms with Gasteiger partial charge in [-0.25, -0.2) is 4.98 Å². The number of nitrogens with one attached hydrogen (secondary N) is 1. The second kappa shape index (κ2) is 6.72. The number of aromatic nitrogens is 1. The van der Waals surface area contributed by atoms with Crippen molar-refractivity contribution in [3.8, 4) is 11.5 Å². The van der Waals surface area contributed by atoms with Crippen LogP contribution in [0.15, 0.2) is 65.1 Å². The molecule has 0 spiro atoms. The van der Waals surface area contributed by atoms with Gasteiger partial charge in [0, 0.05) is 16.8 Å². The number of aryl methyl sites for hydroxylation is 3. The van der Waals surface area contributed by atoms with Crippen LogP contribution in [0, 0.1) is 20.8 Å². The lowest BCUT2D eigenvalue weighted by Crippen LogP contribution is -2.12. The van der Waals surface area contributed by atoms with Crippen molar-refractivity contribution in [3.63, 3.8) is 0 Å². The summed E-state index contributed by atoms with van der Waals surface area (Å²) in [6.45, 7) is 6.06. The average molecular weight is 356 g/mol. The molecule has 4 rings (SSSR count). The minimum absolute atomic E-state index is 0.122. The number of rotatable bonds is 3. The largest absolute Gasteiger partial charge is 0.436 e. The second-order valence-corrected chi connectivity index (χ2v) is 6.82. The maximum atomic E-state index is 12.4. The van der Waals surface area contributed by atoms with Crippen molar-refractivity contribution in [1.82, 2.24) is 4.98 Å². The molecular formula is C23H20N2O2. The van der Waals surface area contributed by atoms with E-state index in [0.29, 0.717) is 11.5 Å². The van der Waals surface area contributed by atoms with E-state index in [9.17, 15) is 4.79 Å². The Morgan fingerprint density at radius 3 is 2.41 bits per heavy atom. The van der Waals surface area contributed by atoms with Crippen LogP contribution in [0.3, 0.4) is 0 Å². The van der Waals surface area contributed by atoms with Gasteiger partial charge in [0.15, 0.2) is 5.58 Å². The Bertz CT molecular complexity index is 1140. The van der Waals surface area contributed by atoms with Crippen molar-refractivity contribution in [2.24, 2.45) is 0 Å². The predicted octanol–water partition coefficient (Wildman–Crippen LogP) is 5.67. The highest BCUT2D eigenvalue weighted by atomic mass is 16.3. The van der Waals surface area contributed by atoms with Crippen LogP contribution in [0.1, 0.15) is 27.0 Å². The Morgan fingerprint density at radius 2 is 1.67 bits per heavy atom. The normalized spacial score (nSPS) is 10.9. The summed E-state index contributed by atoms with van der Waals surface area (Å²) in [7, 11) is 0. The number of nitrogens with zero attached hydrogens (tertiary/aromatic N) is 1. The number of amides is 1. The van der Waals surface area contributed by atoms with E-state index in [4.69, 9.17) is 4.42 Å². The lowest BCUT2D eigenvalue weighted by atomic mass is 10.1. The minimum atomic E-state index is -0.122. The maximum Gasteiger partial charge on any atom is 0.255 e. The molecule has 0 aliphatic rings. The Balaban J connectivity index is 1.54. The molecule has 4 nitrogen and oxygen atoms in total. The standard InChI is InChI=1S/C23H20N2O2/c1-14-4-11-21-20(12-14)25-23(27-21)17-7-9-19(10-8-17)24-22(26)18-6-5-15(2)16(3)13-18/h4-13H,1-3H3,(H,24,26). The molecule has 0 fully saturated rings. The zero-order valence-corrected chi connectivity index (χ0v) is 15.5. The molecule has 4 aromatic rings. The van der Waals surface area contributed by atoms with Crippen LogP contribution in [-0.2, 0) is 0 Å².